The van der Waals surface area contributed by atoms with Crippen LogP contribution in [0.15, 0.2) is 126 Å². The quantitative estimate of drug-likeness (QED) is 0.164. The third kappa shape index (κ3) is 16.2. The van der Waals surface area contributed by atoms with Crippen LogP contribution in [0, 0.1) is 0 Å². The fourth-order valence-corrected chi connectivity index (χ4v) is 12.6. The van der Waals surface area contributed by atoms with Gasteiger partial charge in [0.25, 0.3) is 0 Å². The van der Waals surface area contributed by atoms with E-state index in [2.05, 4.69) is 215 Å². The van der Waals surface area contributed by atoms with Crippen LogP contribution in [0.2, 0.25) is 0 Å². The van der Waals surface area contributed by atoms with Gasteiger partial charge in [0.15, 0.2) is 0 Å². The molecule has 80 heavy (non-hydrogen) atoms. The van der Waals surface area contributed by atoms with Crippen molar-refractivity contribution < 1.29 is 25.8 Å². The van der Waals surface area contributed by atoms with E-state index in [0.717, 1.165) is 66.5 Å². The number of hydrogen-bond acceptors (Lipinski definition) is 6. The summed E-state index contributed by atoms with van der Waals surface area (Å²) in [6.45, 7) is 53.5. The van der Waals surface area contributed by atoms with Crippen molar-refractivity contribution in [3.05, 3.63) is 154 Å². The molecule has 0 radical (unpaired) electrons. The molecule has 0 N–H and O–H groups in total. The first-order chi connectivity index (χ1) is 36.4. The molecular weight excluding hydrogens is 1110 g/mol. The maximum atomic E-state index is 6.70. The Hall–Kier alpha value is -3.98. The van der Waals surface area contributed by atoms with E-state index in [0.29, 0.717) is 0 Å². The standard InChI is InChI=1S/C28H40ClO2P.C28H42ClO2P.C12H8ClO2P/c1-25(2,3)17-13-19-20-14-18(26(4,5)6)16-22(28(10,11)12)24(20)31-32(29)30-23(19)21(15-17)27(7,8)9;1-25(2,3)19-13-15-23(21(17-19)27(7,8)9)30-32(29)31-24-16-14-20(26(4,5)6)18-22(24)28(10,11)12;13-16-14-11-7-3-1-5-9(11)10-6-2-4-8-12(10)15-16/h13-16H,1-12H3;13-18H,1-12H3;1-8H. The van der Waals surface area contributed by atoms with Crippen LogP contribution < -0.4 is 9.05 Å². The smallest absolute Gasteiger partial charge is 0.401 e. The van der Waals surface area contributed by atoms with Gasteiger partial charge in [-0.3, -0.25) is 0 Å². The van der Waals surface area contributed by atoms with E-state index in [1.807, 2.05) is 60.7 Å². The molecule has 8 aromatic rings. The van der Waals surface area contributed by atoms with Gasteiger partial charge in [-0.25, -0.2) is 0 Å². The summed E-state index contributed by atoms with van der Waals surface area (Å²) >= 11 is 19.4. The van der Waals surface area contributed by atoms with E-state index >= 15 is 0 Å². The summed E-state index contributed by atoms with van der Waals surface area (Å²) in [5.74, 6) is 1.57. The number of hydrogen-bond donors (Lipinski definition) is 0. The molecule has 6 aromatic carbocycles. The van der Waals surface area contributed by atoms with Crippen LogP contribution in [-0.2, 0) is 43.3 Å². The Morgan fingerprint density at radius 3 is 0.912 bits per heavy atom. The van der Waals surface area contributed by atoms with Gasteiger partial charge in [0, 0.05) is 66.3 Å². The normalized spacial score (nSPS) is 13.1. The molecule has 2 heterocycles. The maximum Gasteiger partial charge on any atom is 0.401 e. The lowest BCUT2D eigenvalue weighted by molar-refractivity contribution is 0.471. The van der Waals surface area contributed by atoms with Gasteiger partial charge < -0.3 is 25.8 Å². The second-order valence-corrected chi connectivity index (χ2v) is 34.3. The van der Waals surface area contributed by atoms with Gasteiger partial charge in [-0.05, 0) is 113 Å². The molecule has 0 unspecified atom stereocenters. The minimum Gasteiger partial charge on any atom is -0.427 e. The third-order valence-corrected chi connectivity index (χ3v) is 17.4. The molecule has 434 valence electrons. The molecule has 0 saturated carbocycles. The molecule has 2 aromatic heterocycles. The molecule has 0 aliphatic heterocycles. The third-order valence-electron chi connectivity index (χ3n) is 14.2. The van der Waals surface area contributed by atoms with Crippen molar-refractivity contribution in [2.45, 2.75) is 209 Å². The largest absolute Gasteiger partial charge is 0.427 e. The summed E-state index contributed by atoms with van der Waals surface area (Å²) in [6.07, 6.45) is 0. The zero-order chi connectivity index (χ0) is 60.1. The highest BCUT2D eigenvalue weighted by molar-refractivity contribution is 7.76. The van der Waals surface area contributed by atoms with Gasteiger partial charge >= 0.3 is 22.5 Å². The molecule has 0 bridgehead atoms. The summed E-state index contributed by atoms with van der Waals surface area (Å²) in [5, 5.41) is 4.20. The SMILES string of the molecule is CC(C)(C)c1cc(C(C)(C)C)c2op(Cl)oc3c(C(C)(C)C)cc(C(C)(C)C)cc3c2c1.CC(C)(C)c1ccc(OP(Cl)Oc2ccc(C(C)(C)C)cc2C(C)(C)C)c(C(C)(C)C)c1.Clp1oc2ccccc2c2ccccc2o1. The average Bonchev–Trinajstić information content (AvgIpc) is 3.54. The lowest BCUT2D eigenvalue weighted by Crippen LogP contribution is -2.18. The van der Waals surface area contributed by atoms with Crippen molar-refractivity contribution in [1.29, 1.82) is 0 Å². The molecule has 0 fully saturated rings. The first kappa shape index (κ1) is 65.2. The highest BCUT2D eigenvalue weighted by Gasteiger charge is 2.31. The Morgan fingerprint density at radius 1 is 0.325 bits per heavy atom. The predicted molar refractivity (Wildman–Crippen MR) is 352 cm³/mol. The first-order valence-electron chi connectivity index (χ1n) is 27.8. The Kier molecular flexibility index (Phi) is 19.5. The van der Waals surface area contributed by atoms with Crippen LogP contribution in [0.1, 0.15) is 211 Å². The van der Waals surface area contributed by atoms with E-state index in [1.54, 1.807) is 0 Å². The average molecular weight is 1200 g/mol. The number of benzene rings is 6. The highest BCUT2D eigenvalue weighted by atomic mass is 35.7. The van der Waals surface area contributed by atoms with Crippen molar-refractivity contribution in [3.63, 3.8) is 0 Å². The molecular formula is C68H90Cl3O6P3. The molecule has 0 atom stereocenters. The van der Waals surface area contributed by atoms with Crippen molar-refractivity contribution in [2.24, 2.45) is 0 Å². The van der Waals surface area contributed by atoms with E-state index in [1.165, 1.54) is 33.4 Å². The van der Waals surface area contributed by atoms with Gasteiger partial charge in [-0.15, -0.1) is 0 Å². The van der Waals surface area contributed by atoms with Crippen molar-refractivity contribution in [2.75, 3.05) is 0 Å². The van der Waals surface area contributed by atoms with E-state index in [4.69, 9.17) is 59.6 Å². The Labute approximate surface area is 497 Å². The summed E-state index contributed by atoms with van der Waals surface area (Å²) in [4.78, 5) is 0. The van der Waals surface area contributed by atoms with Crippen molar-refractivity contribution in [3.8, 4) is 11.5 Å². The van der Waals surface area contributed by atoms with Crippen LogP contribution in [0.4, 0.5) is 0 Å². The lowest BCUT2D eigenvalue weighted by Gasteiger charge is -2.29. The van der Waals surface area contributed by atoms with Crippen LogP contribution >= 0.6 is 56.2 Å². The Bertz CT molecular complexity index is 3350. The monoisotopic (exact) mass is 1200 g/mol. The summed E-state index contributed by atoms with van der Waals surface area (Å²) in [6, 6.07) is 37.6. The second kappa shape index (κ2) is 23.9. The van der Waals surface area contributed by atoms with Crippen molar-refractivity contribution >= 4 is 100 Å². The predicted octanol–water partition coefficient (Wildman–Crippen LogP) is 25.6. The molecule has 8 rings (SSSR count). The molecule has 0 aliphatic carbocycles. The highest BCUT2D eigenvalue weighted by Crippen LogP contribution is 2.51. The summed E-state index contributed by atoms with van der Waals surface area (Å²) in [5.41, 5.74) is 12.8. The molecule has 12 heteroatoms. The van der Waals surface area contributed by atoms with E-state index in [9.17, 15) is 0 Å². The second-order valence-electron chi connectivity index (χ2n) is 29.4. The maximum absolute atomic E-state index is 6.70. The Balaban J connectivity index is 0.000000204. The first-order valence-corrected chi connectivity index (χ1v) is 34.0. The number of para-hydroxylation sites is 2. The van der Waals surface area contributed by atoms with Crippen LogP contribution in [0.3, 0.4) is 0 Å². The number of halogens is 3. The molecule has 0 saturated heterocycles. The van der Waals surface area contributed by atoms with Gasteiger partial charge in [0.05, 0.1) is 0 Å². The topological polar surface area (TPSA) is 71.0 Å². The molecule has 0 spiro atoms. The number of rotatable bonds is 4. The van der Waals surface area contributed by atoms with Gasteiger partial charge in [0.2, 0.25) is 0 Å². The molecule has 6 nitrogen and oxygen atoms in total. The van der Waals surface area contributed by atoms with Crippen molar-refractivity contribution in [1.82, 2.24) is 0 Å². The van der Waals surface area contributed by atoms with E-state index in [-0.39, 0.29) is 43.3 Å². The van der Waals surface area contributed by atoms with Crippen LogP contribution in [0.25, 0.3) is 43.9 Å². The number of fused-ring (bicyclic) bond motifs is 6. The van der Waals surface area contributed by atoms with Crippen LogP contribution in [0.5, 0.6) is 11.5 Å². The summed E-state index contributed by atoms with van der Waals surface area (Å²) < 4.78 is 36.3. The minimum absolute atomic E-state index is 0.00253. The Morgan fingerprint density at radius 2 is 0.613 bits per heavy atom. The van der Waals surface area contributed by atoms with Gasteiger partial charge in [0.1, 0.15) is 33.8 Å². The van der Waals surface area contributed by atoms with Gasteiger partial charge in [-0.2, -0.15) is 0 Å². The van der Waals surface area contributed by atoms with Gasteiger partial charge in [-0.1, -0.05) is 239 Å². The summed E-state index contributed by atoms with van der Waals surface area (Å²) in [7, 11) is -4.70. The molecule has 0 amide bonds. The van der Waals surface area contributed by atoms with Crippen LogP contribution in [-0.4, -0.2) is 0 Å². The fraction of sp³-hybridized carbons (Fsp3) is 0.471. The zero-order valence-corrected chi connectivity index (χ0v) is 57.3. The minimum atomic E-state index is -1.66. The van der Waals surface area contributed by atoms with E-state index < -0.39 is 22.5 Å². The zero-order valence-electron chi connectivity index (χ0n) is 52.3. The molecule has 0 aliphatic rings. The fourth-order valence-electron chi connectivity index (χ4n) is 9.21. The lowest BCUT2D eigenvalue weighted by atomic mass is 9.77.